The summed E-state index contributed by atoms with van der Waals surface area (Å²) in [6.07, 6.45) is 4.03. The zero-order chi connectivity index (χ0) is 14.0. The van der Waals surface area contributed by atoms with Crippen LogP contribution in [0.15, 0.2) is 12.4 Å². The Morgan fingerprint density at radius 1 is 1.37 bits per heavy atom. The lowest BCUT2D eigenvalue weighted by Gasteiger charge is -2.11. The molecule has 1 unspecified atom stereocenters. The van der Waals surface area contributed by atoms with Crippen molar-refractivity contribution in [3.05, 3.63) is 33.5 Å². The van der Waals surface area contributed by atoms with Crippen LogP contribution in [-0.2, 0) is 13.6 Å². The molecule has 5 heteroatoms. The predicted molar refractivity (Wildman–Crippen MR) is 79.4 cm³/mol. The monoisotopic (exact) mass is 278 g/mol. The van der Waals surface area contributed by atoms with Crippen LogP contribution in [-0.4, -0.2) is 14.8 Å². The Morgan fingerprint density at radius 3 is 2.68 bits per heavy atom. The number of hydrogen-bond donors (Lipinski definition) is 1. The van der Waals surface area contributed by atoms with Gasteiger partial charge in [-0.25, -0.2) is 4.98 Å². The molecule has 19 heavy (non-hydrogen) atoms. The highest BCUT2D eigenvalue weighted by molar-refractivity contribution is 7.11. The molecule has 0 aliphatic carbocycles. The van der Waals surface area contributed by atoms with Crippen molar-refractivity contribution in [3.8, 4) is 0 Å². The van der Waals surface area contributed by atoms with E-state index in [2.05, 4.69) is 49.3 Å². The average Bonchev–Trinajstić information content (AvgIpc) is 2.92. The summed E-state index contributed by atoms with van der Waals surface area (Å²) in [7, 11) is 1.98. The minimum Gasteiger partial charge on any atom is -0.304 e. The lowest BCUT2D eigenvalue weighted by molar-refractivity contribution is 0.567. The Hall–Kier alpha value is -1.20. The summed E-state index contributed by atoms with van der Waals surface area (Å²) in [5.41, 5.74) is 2.45. The number of nitrogens with one attached hydrogen (secondary N) is 1. The van der Waals surface area contributed by atoms with Crippen LogP contribution in [0.3, 0.4) is 0 Å². The number of hydrogen-bond acceptors (Lipinski definition) is 4. The van der Waals surface area contributed by atoms with Gasteiger partial charge in [0, 0.05) is 36.4 Å². The molecule has 2 rings (SSSR count). The van der Waals surface area contributed by atoms with Gasteiger partial charge in [0.1, 0.15) is 5.01 Å². The van der Waals surface area contributed by atoms with Crippen molar-refractivity contribution < 1.29 is 0 Å². The molecule has 4 nitrogen and oxygen atoms in total. The van der Waals surface area contributed by atoms with E-state index in [1.54, 1.807) is 11.3 Å². The Balaban J connectivity index is 2.02. The van der Waals surface area contributed by atoms with E-state index < -0.39 is 0 Å². The van der Waals surface area contributed by atoms with Crippen LogP contribution in [0.5, 0.6) is 0 Å². The first kappa shape index (κ1) is 14.2. The van der Waals surface area contributed by atoms with Crippen LogP contribution in [0, 0.1) is 6.92 Å². The smallest absolute Gasteiger partial charge is 0.109 e. The van der Waals surface area contributed by atoms with Gasteiger partial charge >= 0.3 is 0 Å². The molecule has 0 aliphatic heterocycles. The minimum atomic E-state index is 0.277. The Labute approximate surface area is 118 Å². The average molecular weight is 278 g/mol. The Bertz CT molecular complexity index is 541. The van der Waals surface area contributed by atoms with E-state index in [0.717, 1.165) is 11.6 Å². The largest absolute Gasteiger partial charge is 0.304 e. The van der Waals surface area contributed by atoms with Crippen LogP contribution >= 0.6 is 11.3 Å². The Morgan fingerprint density at radius 2 is 2.11 bits per heavy atom. The summed E-state index contributed by atoms with van der Waals surface area (Å²) in [6.45, 7) is 9.44. The summed E-state index contributed by atoms with van der Waals surface area (Å²) in [5, 5.41) is 9.21. The fourth-order valence-electron chi connectivity index (χ4n) is 2.10. The van der Waals surface area contributed by atoms with Crippen LogP contribution in [0.25, 0.3) is 0 Å². The quantitative estimate of drug-likeness (QED) is 0.913. The van der Waals surface area contributed by atoms with E-state index in [1.807, 2.05) is 17.9 Å². The van der Waals surface area contributed by atoms with Crippen molar-refractivity contribution in [1.82, 2.24) is 20.1 Å². The maximum atomic E-state index is 4.53. The van der Waals surface area contributed by atoms with Gasteiger partial charge < -0.3 is 5.32 Å². The second kappa shape index (κ2) is 5.84. The van der Waals surface area contributed by atoms with E-state index in [1.165, 1.54) is 16.1 Å². The van der Waals surface area contributed by atoms with Gasteiger partial charge in [-0.3, -0.25) is 4.68 Å². The summed E-state index contributed by atoms with van der Waals surface area (Å²) >= 11 is 1.75. The van der Waals surface area contributed by atoms with E-state index in [9.17, 15) is 0 Å². The topological polar surface area (TPSA) is 42.7 Å². The van der Waals surface area contributed by atoms with Crippen LogP contribution in [0.4, 0.5) is 0 Å². The highest BCUT2D eigenvalue weighted by Crippen LogP contribution is 2.21. The summed E-state index contributed by atoms with van der Waals surface area (Å²) < 4.78 is 1.89. The first-order valence-electron chi connectivity index (χ1n) is 6.65. The maximum absolute atomic E-state index is 4.53. The van der Waals surface area contributed by atoms with Crippen molar-refractivity contribution in [2.75, 3.05) is 0 Å². The van der Waals surface area contributed by atoms with Gasteiger partial charge in [0.15, 0.2) is 0 Å². The number of thiazole rings is 1. The van der Waals surface area contributed by atoms with Gasteiger partial charge in [-0.2, -0.15) is 5.10 Å². The molecule has 2 heterocycles. The molecule has 0 bridgehead atoms. The molecular weight excluding hydrogens is 256 g/mol. The van der Waals surface area contributed by atoms with Crippen molar-refractivity contribution in [2.24, 2.45) is 7.05 Å². The third-order valence-corrected chi connectivity index (χ3v) is 4.19. The first-order valence-corrected chi connectivity index (χ1v) is 7.47. The molecule has 2 aromatic rings. The fourth-order valence-corrected chi connectivity index (χ4v) is 2.90. The molecule has 1 atom stereocenters. The van der Waals surface area contributed by atoms with E-state index in [-0.39, 0.29) is 6.04 Å². The van der Waals surface area contributed by atoms with E-state index >= 15 is 0 Å². The highest BCUT2D eigenvalue weighted by atomic mass is 32.1. The van der Waals surface area contributed by atoms with Gasteiger partial charge in [-0.05, 0) is 19.8 Å². The summed E-state index contributed by atoms with van der Waals surface area (Å²) in [6, 6.07) is 0.277. The first-order chi connectivity index (χ1) is 8.97. The molecule has 0 fully saturated rings. The van der Waals surface area contributed by atoms with Crippen LogP contribution in [0.1, 0.15) is 53.9 Å². The zero-order valence-electron chi connectivity index (χ0n) is 12.3. The normalized spacial score (nSPS) is 13.2. The molecule has 0 aliphatic rings. The third-order valence-electron chi connectivity index (χ3n) is 3.09. The SMILES string of the molecule is Cc1cnc(C(C)NCc2cn(C)nc2C(C)C)s1. The third kappa shape index (κ3) is 3.42. The standard InChI is InChI=1S/C14H22N4S/c1-9(2)13-12(8-18(5)17-13)7-15-11(4)14-16-6-10(3)19-14/h6,8-9,11,15H,7H2,1-5H3. The Kier molecular flexibility index (Phi) is 4.37. The second-order valence-corrected chi connectivity index (χ2v) is 6.55. The lowest BCUT2D eigenvalue weighted by Crippen LogP contribution is -2.18. The van der Waals surface area contributed by atoms with Gasteiger partial charge in [0.2, 0.25) is 0 Å². The van der Waals surface area contributed by atoms with Gasteiger partial charge in [0.25, 0.3) is 0 Å². The van der Waals surface area contributed by atoms with Gasteiger partial charge in [-0.15, -0.1) is 11.3 Å². The highest BCUT2D eigenvalue weighted by Gasteiger charge is 2.14. The zero-order valence-corrected chi connectivity index (χ0v) is 13.1. The molecule has 0 aromatic carbocycles. The molecule has 104 valence electrons. The second-order valence-electron chi connectivity index (χ2n) is 5.28. The number of aryl methyl sites for hydroxylation is 2. The van der Waals surface area contributed by atoms with E-state index in [0.29, 0.717) is 5.92 Å². The molecule has 0 amide bonds. The fraction of sp³-hybridized carbons (Fsp3) is 0.571. The molecule has 1 N–H and O–H groups in total. The summed E-state index contributed by atoms with van der Waals surface area (Å²) in [5.74, 6) is 0.454. The van der Waals surface area contributed by atoms with Crippen molar-refractivity contribution in [1.29, 1.82) is 0 Å². The molecule has 0 spiro atoms. The molecule has 0 saturated heterocycles. The van der Waals surface area contributed by atoms with Crippen LogP contribution < -0.4 is 5.32 Å². The lowest BCUT2D eigenvalue weighted by atomic mass is 10.1. The number of rotatable bonds is 5. The minimum absolute atomic E-state index is 0.277. The molecule has 0 saturated carbocycles. The molecule has 0 radical (unpaired) electrons. The van der Waals surface area contributed by atoms with Gasteiger partial charge in [0.05, 0.1) is 11.7 Å². The van der Waals surface area contributed by atoms with Crippen molar-refractivity contribution in [3.63, 3.8) is 0 Å². The maximum Gasteiger partial charge on any atom is 0.109 e. The van der Waals surface area contributed by atoms with Crippen molar-refractivity contribution in [2.45, 2.75) is 46.2 Å². The number of nitrogens with zero attached hydrogens (tertiary/aromatic N) is 3. The van der Waals surface area contributed by atoms with Crippen molar-refractivity contribution >= 4 is 11.3 Å². The van der Waals surface area contributed by atoms with E-state index in [4.69, 9.17) is 0 Å². The molecular formula is C14H22N4S. The van der Waals surface area contributed by atoms with Crippen LogP contribution in [0.2, 0.25) is 0 Å². The summed E-state index contributed by atoms with van der Waals surface area (Å²) in [4.78, 5) is 5.68. The molecule has 2 aromatic heterocycles. The number of aromatic nitrogens is 3. The predicted octanol–water partition coefficient (Wildman–Crippen LogP) is 3.16. The van der Waals surface area contributed by atoms with Gasteiger partial charge in [-0.1, -0.05) is 13.8 Å².